The van der Waals surface area contributed by atoms with Gasteiger partial charge in [-0.15, -0.1) is 0 Å². The van der Waals surface area contributed by atoms with Gasteiger partial charge >= 0.3 is 0 Å². The predicted octanol–water partition coefficient (Wildman–Crippen LogP) is 4.07. The van der Waals surface area contributed by atoms with E-state index in [1.807, 2.05) is 18.2 Å². The first kappa shape index (κ1) is 17.6. The molecule has 2 aromatic carbocycles. The highest BCUT2D eigenvalue weighted by Gasteiger charge is 2.45. The van der Waals surface area contributed by atoms with E-state index >= 15 is 0 Å². The van der Waals surface area contributed by atoms with Gasteiger partial charge in [-0.05, 0) is 29.8 Å². The monoisotopic (exact) mass is 375 g/mol. The van der Waals surface area contributed by atoms with E-state index in [1.165, 1.54) is 24.3 Å². The zero-order chi connectivity index (χ0) is 19.7. The van der Waals surface area contributed by atoms with Crippen LogP contribution in [0.1, 0.15) is 22.2 Å². The summed E-state index contributed by atoms with van der Waals surface area (Å²) in [6, 6.07) is 18.3. The molecular weight excluding hydrogens is 358 g/mol. The minimum Gasteiger partial charge on any atom is -0.503 e. The number of benzene rings is 2. The first-order valence-corrected chi connectivity index (χ1v) is 8.65. The fourth-order valence-electron chi connectivity index (χ4n) is 3.36. The number of hydrogen-bond acceptors (Lipinski definition) is 5. The maximum absolute atomic E-state index is 13.0. The van der Waals surface area contributed by atoms with Crippen LogP contribution in [0.3, 0.4) is 0 Å². The molecule has 0 fully saturated rings. The van der Waals surface area contributed by atoms with Gasteiger partial charge < -0.3 is 14.3 Å². The molecule has 0 bridgehead atoms. The summed E-state index contributed by atoms with van der Waals surface area (Å²) in [4.78, 5) is 27.4. The van der Waals surface area contributed by atoms with Crippen molar-refractivity contribution in [2.24, 2.45) is 0 Å². The fourth-order valence-corrected chi connectivity index (χ4v) is 3.36. The Hall–Kier alpha value is -3.80. The van der Waals surface area contributed by atoms with Crippen molar-refractivity contribution in [2.75, 3.05) is 12.0 Å². The topological polar surface area (TPSA) is 80.0 Å². The Bertz CT molecular complexity index is 1050. The van der Waals surface area contributed by atoms with Crippen LogP contribution in [0, 0.1) is 0 Å². The van der Waals surface area contributed by atoms with Gasteiger partial charge in [0, 0.05) is 11.8 Å². The number of hydrogen-bond donors (Lipinski definition) is 1. The van der Waals surface area contributed by atoms with Gasteiger partial charge in [0.25, 0.3) is 5.91 Å². The smallest absolute Gasteiger partial charge is 0.294 e. The van der Waals surface area contributed by atoms with Crippen LogP contribution < -0.4 is 9.64 Å². The van der Waals surface area contributed by atoms with Crippen LogP contribution in [-0.4, -0.2) is 23.9 Å². The van der Waals surface area contributed by atoms with Crippen LogP contribution in [0.4, 0.5) is 5.69 Å². The highest BCUT2D eigenvalue weighted by molar-refractivity contribution is 6.20. The number of carbonyl (C=O) groups excluding carboxylic acids is 2. The number of ether oxygens (including phenoxy) is 1. The van der Waals surface area contributed by atoms with Crippen molar-refractivity contribution in [3.05, 3.63) is 95.6 Å². The van der Waals surface area contributed by atoms with Crippen molar-refractivity contribution in [3.8, 4) is 5.75 Å². The molecule has 0 saturated heterocycles. The van der Waals surface area contributed by atoms with Crippen LogP contribution in [0.2, 0.25) is 0 Å². The van der Waals surface area contributed by atoms with E-state index in [2.05, 4.69) is 0 Å². The molecule has 1 unspecified atom stereocenters. The highest BCUT2D eigenvalue weighted by Crippen LogP contribution is 2.42. The maximum atomic E-state index is 13.0. The molecule has 2 heterocycles. The van der Waals surface area contributed by atoms with Crippen LogP contribution >= 0.6 is 0 Å². The second-order valence-corrected chi connectivity index (χ2v) is 6.26. The first-order valence-electron chi connectivity index (χ1n) is 8.65. The second kappa shape index (κ2) is 7.08. The summed E-state index contributed by atoms with van der Waals surface area (Å²) in [5, 5.41) is 10.6. The molecule has 140 valence electrons. The molecule has 6 nitrogen and oxygen atoms in total. The number of ketones is 1. The summed E-state index contributed by atoms with van der Waals surface area (Å²) in [6.45, 7) is 0. The third kappa shape index (κ3) is 2.85. The minimum atomic E-state index is -0.793. The van der Waals surface area contributed by atoms with Crippen LogP contribution in [0.5, 0.6) is 5.75 Å². The number of methoxy groups -OCH3 is 1. The minimum absolute atomic E-state index is 0.0195. The molecule has 0 aliphatic carbocycles. The quantitative estimate of drug-likeness (QED) is 0.680. The van der Waals surface area contributed by atoms with E-state index in [0.29, 0.717) is 17.0 Å². The molecule has 0 saturated carbocycles. The Morgan fingerprint density at radius 3 is 2.54 bits per heavy atom. The van der Waals surface area contributed by atoms with Gasteiger partial charge in [-0.3, -0.25) is 14.5 Å². The van der Waals surface area contributed by atoms with Gasteiger partial charge in [0.1, 0.15) is 5.75 Å². The van der Waals surface area contributed by atoms with Gasteiger partial charge in [0.2, 0.25) is 5.78 Å². The molecule has 1 aliphatic heterocycles. The lowest BCUT2D eigenvalue weighted by Crippen LogP contribution is -2.31. The normalized spacial score (nSPS) is 16.5. The Morgan fingerprint density at radius 1 is 1.07 bits per heavy atom. The van der Waals surface area contributed by atoms with Crippen molar-refractivity contribution < 1.29 is 23.8 Å². The molecule has 0 radical (unpaired) electrons. The Labute approximate surface area is 161 Å². The van der Waals surface area contributed by atoms with Gasteiger partial charge in [0.15, 0.2) is 11.5 Å². The lowest BCUT2D eigenvalue weighted by molar-refractivity contribution is -0.117. The van der Waals surface area contributed by atoms with E-state index in [1.54, 1.807) is 42.5 Å². The number of furan rings is 1. The zero-order valence-corrected chi connectivity index (χ0v) is 15.0. The van der Waals surface area contributed by atoms with Crippen molar-refractivity contribution in [2.45, 2.75) is 6.04 Å². The van der Waals surface area contributed by atoms with Gasteiger partial charge in [-0.2, -0.15) is 0 Å². The van der Waals surface area contributed by atoms with Crippen LogP contribution in [0.25, 0.3) is 0 Å². The van der Waals surface area contributed by atoms with Crippen molar-refractivity contribution in [1.29, 1.82) is 0 Å². The standard InChI is InChI=1S/C22H17NO5/c1-27-16-10-5-9-15(13-16)23-19(14-7-3-2-4-8-14)18(21(25)22(23)26)20(24)17-11-6-12-28-17/h2-13,19,25H,1H3. The average Bonchev–Trinajstić information content (AvgIpc) is 3.36. The van der Waals surface area contributed by atoms with Gasteiger partial charge in [0.05, 0.1) is 25.0 Å². The Kier molecular flexibility index (Phi) is 4.45. The number of Topliss-reactive ketones (excluding diaryl/α,β-unsaturated/α-hetero) is 1. The molecule has 0 spiro atoms. The number of amides is 1. The van der Waals surface area contributed by atoms with Crippen molar-refractivity contribution in [1.82, 2.24) is 0 Å². The summed E-state index contributed by atoms with van der Waals surface area (Å²) in [6.07, 6.45) is 1.37. The summed E-state index contributed by atoms with van der Waals surface area (Å²) in [5.74, 6) is -1.16. The van der Waals surface area contributed by atoms with Crippen LogP contribution in [0.15, 0.2) is 88.7 Å². The molecule has 1 aromatic heterocycles. The number of aliphatic hydroxyl groups excluding tert-OH is 1. The van der Waals surface area contributed by atoms with Gasteiger partial charge in [-0.25, -0.2) is 0 Å². The molecule has 4 rings (SSSR count). The summed E-state index contributed by atoms with van der Waals surface area (Å²) in [7, 11) is 1.53. The number of nitrogens with zero attached hydrogens (tertiary/aromatic N) is 1. The third-order valence-corrected chi connectivity index (χ3v) is 4.64. The van der Waals surface area contributed by atoms with Crippen LogP contribution in [-0.2, 0) is 4.79 Å². The molecule has 1 amide bonds. The lowest BCUT2D eigenvalue weighted by Gasteiger charge is -2.27. The largest absolute Gasteiger partial charge is 0.503 e. The Morgan fingerprint density at radius 2 is 1.86 bits per heavy atom. The molecule has 1 N–H and O–H groups in total. The lowest BCUT2D eigenvalue weighted by atomic mass is 9.95. The molecule has 28 heavy (non-hydrogen) atoms. The third-order valence-electron chi connectivity index (χ3n) is 4.64. The molecule has 1 atom stereocenters. The number of aliphatic hydroxyl groups is 1. The SMILES string of the molecule is COc1cccc(N2C(=O)C(O)=C(C(=O)c3ccco3)C2c2ccccc2)c1. The fraction of sp³-hybridized carbons (Fsp3) is 0.0909. The van der Waals surface area contributed by atoms with E-state index < -0.39 is 23.5 Å². The summed E-state index contributed by atoms with van der Waals surface area (Å²) in [5.41, 5.74) is 1.18. The van der Waals surface area contributed by atoms with E-state index in [9.17, 15) is 14.7 Å². The van der Waals surface area contributed by atoms with Crippen molar-refractivity contribution in [3.63, 3.8) is 0 Å². The number of rotatable bonds is 5. The molecule has 6 heteroatoms. The second-order valence-electron chi connectivity index (χ2n) is 6.26. The molecular formula is C22H17NO5. The van der Waals surface area contributed by atoms with E-state index in [0.717, 1.165) is 0 Å². The van der Waals surface area contributed by atoms with Crippen molar-refractivity contribution >= 4 is 17.4 Å². The maximum Gasteiger partial charge on any atom is 0.294 e. The molecule has 3 aromatic rings. The molecule has 1 aliphatic rings. The predicted molar refractivity (Wildman–Crippen MR) is 102 cm³/mol. The summed E-state index contributed by atoms with van der Waals surface area (Å²) >= 11 is 0. The zero-order valence-electron chi connectivity index (χ0n) is 15.0. The highest BCUT2D eigenvalue weighted by atomic mass is 16.5. The van der Waals surface area contributed by atoms with Gasteiger partial charge in [-0.1, -0.05) is 36.4 Å². The number of anilines is 1. The average molecular weight is 375 g/mol. The summed E-state index contributed by atoms with van der Waals surface area (Å²) < 4.78 is 10.5. The number of carbonyl (C=O) groups is 2. The Balaban J connectivity index is 1.88. The van der Waals surface area contributed by atoms with E-state index in [4.69, 9.17) is 9.15 Å². The first-order chi connectivity index (χ1) is 13.6. The van der Waals surface area contributed by atoms with E-state index in [-0.39, 0.29) is 11.3 Å².